The van der Waals surface area contributed by atoms with Crippen LogP contribution in [0.4, 0.5) is 0 Å². The molecule has 0 aromatic heterocycles. The number of allylic oxidation sites excluding steroid dienone is 1. The first kappa shape index (κ1) is 6.62. The van der Waals surface area contributed by atoms with Crippen molar-refractivity contribution in [2.75, 3.05) is 13.1 Å². The summed E-state index contributed by atoms with van der Waals surface area (Å²) in [5.74, 6) is 0. The number of hydrogen-bond acceptors (Lipinski definition) is 2. The summed E-state index contributed by atoms with van der Waals surface area (Å²) in [5, 5.41) is 2.14. The summed E-state index contributed by atoms with van der Waals surface area (Å²) in [5.41, 5.74) is 3.23. The highest BCUT2D eigenvalue weighted by Crippen LogP contribution is 2.01. The highest BCUT2D eigenvalue weighted by molar-refractivity contribution is 4.85. The first-order valence-corrected chi connectivity index (χ1v) is 3.60. The normalized spacial score (nSPS) is 18.6. The molecule has 1 aliphatic heterocycles. The van der Waals surface area contributed by atoms with Crippen molar-refractivity contribution in [3.8, 4) is 0 Å². The Morgan fingerprint density at radius 2 is 2.56 bits per heavy atom. The van der Waals surface area contributed by atoms with E-state index in [1.165, 1.54) is 12.8 Å². The van der Waals surface area contributed by atoms with Gasteiger partial charge in [-0.1, -0.05) is 13.0 Å². The highest BCUT2D eigenvalue weighted by Gasteiger charge is 1.99. The number of nitrogens with zero attached hydrogens (tertiary/aromatic N) is 1. The van der Waals surface area contributed by atoms with Crippen LogP contribution in [0.15, 0.2) is 12.3 Å². The molecular formula is C7H14N2. The largest absolute Gasteiger partial charge is 0.316 e. The van der Waals surface area contributed by atoms with Gasteiger partial charge in [0.25, 0.3) is 0 Å². The Labute approximate surface area is 56.5 Å². The third-order valence-corrected chi connectivity index (χ3v) is 1.42. The standard InChI is InChI=1S/C7H14N2/c1-2-8-9-6-4-3-5-7-9/h4,6,8H,2-3,5,7H2,1H3. The van der Waals surface area contributed by atoms with E-state index in [4.69, 9.17) is 0 Å². The van der Waals surface area contributed by atoms with Gasteiger partial charge in [-0.05, 0) is 12.8 Å². The molecule has 0 saturated heterocycles. The second-order valence-corrected chi connectivity index (χ2v) is 2.23. The van der Waals surface area contributed by atoms with Crippen LogP contribution in [-0.2, 0) is 0 Å². The van der Waals surface area contributed by atoms with Crippen LogP contribution in [0.3, 0.4) is 0 Å². The van der Waals surface area contributed by atoms with E-state index in [9.17, 15) is 0 Å². The molecule has 0 radical (unpaired) electrons. The van der Waals surface area contributed by atoms with Crippen molar-refractivity contribution < 1.29 is 0 Å². The molecule has 0 bridgehead atoms. The fourth-order valence-corrected chi connectivity index (χ4v) is 0.991. The molecule has 1 rings (SSSR count). The van der Waals surface area contributed by atoms with Gasteiger partial charge in [-0.3, -0.25) is 0 Å². The van der Waals surface area contributed by atoms with Crippen LogP contribution in [-0.4, -0.2) is 18.1 Å². The van der Waals surface area contributed by atoms with E-state index in [-0.39, 0.29) is 0 Å². The Hall–Kier alpha value is -0.500. The minimum Gasteiger partial charge on any atom is -0.316 e. The molecule has 0 aromatic rings. The lowest BCUT2D eigenvalue weighted by molar-refractivity contribution is 0.264. The molecule has 9 heavy (non-hydrogen) atoms. The summed E-state index contributed by atoms with van der Waals surface area (Å²) >= 11 is 0. The monoisotopic (exact) mass is 126 g/mol. The molecule has 0 spiro atoms. The Morgan fingerprint density at radius 1 is 1.67 bits per heavy atom. The molecule has 0 saturated carbocycles. The Morgan fingerprint density at radius 3 is 3.11 bits per heavy atom. The van der Waals surface area contributed by atoms with Gasteiger partial charge in [0.2, 0.25) is 0 Å². The number of nitrogens with one attached hydrogen (secondary N) is 1. The lowest BCUT2D eigenvalue weighted by atomic mass is 10.2. The SMILES string of the molecule is CCNN1C=CCCC1. The molecule has 1 N–H and O–H groups in total. The van der Waals surface area contributed by atoms with Crippen molar-refractivity contribution >= 4 is 0 Å². The lowest BCUT2D eigenvalue weighted by Crippen LogP contribution is -2.35. The van der Waals surface area contributed by atoms with E-state index >= 15 is 0 Å². The molecular weight excluding hydrogens is 112 g/mol. The molecule has 2 heteroatoms. The van der Waals surface area contributed by atoms with Crippen LogP contribution in [0.5, 0.6) is 0 Å². The van der Waals surface area contributed by atoms with Gasteiger partial charge in [0.15, 0.2) is 0 Å². The molecule has 0 atom stereocenters. The second kappa shape index (κ2) is 3.51. The van der Waals surface area contributed by atoms with Crippen LogP contribution in [0, 0.1) is 0 Å². The van der Waals surface area contributed by atoms with Crippen LogP contribution in [0.2, 0.25) is 0 Å². The van der Waals surface area contributed by atoms with Crippen LogP contribution < -0.4 is 5.43 Å². The zero-order valence-electron chi connectivity index (χ0n) is 5.93. The summed E-state index contributed by atoms with van der Waals surface area (Å²) < 4.78 is 0. The molecule has 0 aliphatic carbocycles. The van der Waals surface area contributed by atoms with Crippen molar-refractivity contribution in [3.63, 3.8) is 0 Å². The Bertz CT molecular complexity index is 99.1. The molecule has 0 unspecified atom stereocenters. The van der Waals surface area contributed by atoms with Gasteiger partial charge in [0, 0.05) is 19.3 Å². The quantitative estimate of drug-likeness (QED) is 0.596. The van der Waals surface area contributed by atoms with Gasteiger partial charge in [0.05, 0.1) is 0 Å². The minimum absolute atomic E-state index is 1.02. The summed E-state index contributed by atoms with van der Waals surface area (Å²) in [6, 6.07) is 0. The fourth-order valence-electron chi connectivity index (χ4n) is 0.991. The first-order valence-electron chi connectivity index (χ1n) is 3.60. The predicted molar refractivity (Wildman–Crippen MR) is 38.8 cm³/mol. The highest BCUT2D eigenvalue weighted by atomic mass is 15.5. The average molecular weight is 126 g/mol. The van der Waals surface area contributed by atoms with E-state index in [0.717, 1.165) is 13.1 Å². The van der Waals surface area contributed by atoms with Gasteiger partial charge in [-0.15, -0.1) is 0 Å². The molecule has 52 valence electrons. The molecule has 1 aliphatic rings. The molecule has 0 amide bonds. The minimum atomic E-state index is 1.02. The topological polar surface area (TPSA) is 15.3 Å². The Balaban J connectivity index is 2.23. The van der Waals surface area contributed by atoms with Crippen molar-refractivity contribution in [2.24, 2.45) is 0 Å². The zero-order chi connectivity index (χ0) is 6.53. The molecule has 2 nitrogen and oxygen atoms in total. The third-order valence-electron chi connectivity index (χ3n) is 1.42. The second-order valence-electron chi connectivity index (χ2n) is 2.23. The molecule has 0 fully saturated rings. The van der Waals surface area contributed by atoms with Gasteiger partial charge in [-0.2, -0.15) is 0 Å². The average Bonchev–Trinajstić information content (AvgIpc) is 1.91. The predicted octanol–water partition coefficient (Wildman–Crippen LogP) is 1.12. The van der Waals surface area contributed by atoms with Crippen LogP contribution >= 0.6 is 0 Å². The lowest BCUT2D eigenvalue weighted by Gasteiger charge is -2.22. The van der Waals surface area contributed by atoms with E-state index < -0.39 is 0 Å². The summed E-state index contributed by atoms with van der Waals surface area (Å²) in [4.78, 5) is 0. The summed E-state index contributed by atoms with van der Waals surface area (Å²) in [7, 11) is 0. The van der Waals surface area contributed by atoms with Crippen molar-refractivity contribution in [1.29, 1.82) is 0 Å². The molecule has 1 heterocycles. The number of hydrazine groups is 1. The van der Waals surface area contributed by atoms with E-state index in [1.807, 2.05) is 0 Å². The maximum absolute atomic E-state index is 3.23. The fraction of sp³-hybridized carbons (Fsp3) is 0.714. The van der Waals surface area contributed by atoms with Crippen molar-refractivity contribution in [1.82, 2.24) is 10.4 Å². The zero-order valence-corrected chi connectivity index (χ0v) is 5.93. The van der Waals surface area contributed by atoms with Crippen molar-refractivity contribution in [2.45, 2.75) is 19.8 Å². The van der Waals surface area contributed by atoms with Gasteiger partial charge in [-0.25, -0.2) is 5.43 Å². The molecule has 0 aromatic carbocycles. The van der Waals surface area contributed by atoms with Gasteiger partial charge < -0.3 is 5.01 Å². The third kappa shape index (κ3) is 2.06. The summed E-state index contributed by atoms with van der Waals surface area (Å²) in [6.45, 7) is 4.29. The maximum atomic E-state index is 3.23. The first-order chi connectivity index (χ1) is 4.43. The Kier molecular flexibility index (Phi) is 2.58. The van der Waals surface area contributed by atoms with Gasteiger partial charge >= 0.3 is 0 Å². The van der Waals surface area contributed by atoms with E-state index in [2.05, 4.69) is 29.6 Å². The smallest absolute Gasteiger partial charge is 0.0340 e. The van der Waals surface area contributed by atoms with Gasteiger partial charge in [0.1, 0.15) is 0 Å². The number of rotatable bonds is 2. The van der Waals surface area contributed by atoms with E-state index in [0.29, 0.717) is 0 Å². The summed E-state index contributed by atoms with van der Waals surface area (Å²) in [6.07, 6.45) is 6.84. The van der Waals surface area contributed by atoms with Crippen LogP contribution in [0.1, 0.15) is 19.8 Å². The van der Waals surface area contributed by atoms with E-state index in [1.54, 1.807) is 0 Å². The number of hydrogen-bond donors (Lipinski definition) is 1. The van der Waals surface area contributed by atoms with Crippen molar-refractivity contribution in [3.05, 3.63) is 12.3 Å². The maximum Gasteiger partial charge on any atom is 0.0340 e. The van der Waals surface area contributed by atoms with Crippen LogP contribution in [0.25, 0.3) is 0 Å².